The lowest BCUT2D eigenvalue weighted by atomic mass is 10.1. The van der Waals surface area contributed by atoms with Crippen molar-refractivity contribution in [3.8, 4) is 6.07 Å². The number of carbonyl (C=O) groups is 1. The Balaban J connectivity index is 3.16. The van der Waals surface area contributed by atoms with Gasteiger partial charge in [0.05, 0.1) is 5.57 Å². The zero-order valence-electron chi connectivity index (χ0n) is 7.00. The van der Waals surface area contributed by atoms with Crippen LogP contribution in [-0.4, -0.2) is 6.29 Å². The molecule has 0 aliphatic heterocycles. The molecule has 1 aromatic rings. The summed E-state index contributed by atoms with van der Waals surface area (Å²) in [5.41, 5.74) is 0.619. The Morgan fingerprint density at radius 1 is 1.43 bits per heavy atom. The maximum atomic E-state index is 10.4. The predicted octanol–water partition coefficient (Wildman–Crippen LogP) is 3.10. The highest BCUT2D eigenvalue weighted by atomic mass is 35.5. The van der Waals surface area contributed by atoms with Crippen LogP contribution in [0.25, 0.3) is 6.08 Å². The lowest BCUT2D eigenvalue weighted by Gasteiger charge is -1.98. The van der Waals surface area contributed by atoms with E-state index < -0.39 is 0 Å². The van der Waals surface area contributed by atoms with Crippen molar-refractivity contribution >= 4 is 35.6 Å². The van der Waals surface area contributed by atoms with Crippen LogP contribution in [0.3, 0.4) is 0 Å². The largest absolute Gasteiger partial charge is 0.297 e. The summed E-state index contributed by atoms with van der Waals surface area (Å²) in [6, 6.07) is 6.58. The van der Waals surface area contributed by atoms with E-state index in [0.717, 1.165) is 0 Å². The second kappa shape index (κ2) is 4.80. The van der Waals surface area contributed by atoms with Gasteiger partial charge in [-0.2, -0.15) is 5.26 Å². The van der Waals surface area contributed by atoms with E-state index in [2.05, 4.69) is 0 Å². The SMILES string of the molecule is N#C/C(C=O)=C\c1ccc(Cl)cc1Cl. The second-order valence-corrected chi connectivity index (χ2v) is 3.34. The third-order valence-electron chi connectivity index (χ3n) is 1.53. The van der Waals surface area contributed by atoms with Crippen LogP contribution in [0.5, 0.6) is 0 Å². The number of carbonyl (C=O) groups excluding carboxylic acids is 1. The normalized spacial score (nSPS) is 10.8. The fraction of sp³-hybridized carbons (Fsp3) is 0. The molecule has 0 aliphatic rings. The molecule has 0 fully saturated rings. The van der Waals surface area contributed by atoms with Gasteiger partial charge in [-0.25, -0.2) is 0 Å². The van der Waals surface area contributed by atoms with Crippen molar-refractivity contribution in [2.24, 2.45) is 0 Å². The van der Waals surface area contributed by atoms with Gasteiger partial charge in [0, 0.05) is 10.0 Å². The van der Waals surface area contributed by atoms with E-state index in [1.807, 2.05) is 0 Å². The van der Waals surface area contributed by atoms with Crippen molar-refractivity contribution in [1.29, 1.82) is 5.26 Å². The molecule has 70 valence electrons. The Bertz CT molecular complexity index is 432. The lowest BCUT2D eigenvalue weighted by Crippen LogP contribution is -1.81. The summed E-state index contributed by atoms with van der Waals surface area (Å²) in [5, 5.41) is 9.43. The van der Waals surface area contributed by atoms with E-state index in [4.69, 9.17) is 28.5 Å². The molecule has 0 saturated carbocycles. The molecule has 0 heterocycles. The highest BCUT2D eigenvalue weighted by Gasteiger charge is 2.00. The third kappa shape index (κ3) is 2.59. The lowest BCUT2D eigenvalue weighted by molar-refractivity contribution is -0.104. The third-order valence-corrected chi connectivity index (χ3v) is 2.09. The van der Waals surface area contributed by atoms with Crippen molar-refractivity contribution in [2.45, 2.75) is 0 Å². The standard InChI is InChI=1S/C10H5Cl2NO/c11-9-2-1-8(10(12)4-9)3-7(5-13)6-14/h1-4,6H/b7-3+. The van der Waals surface area contributed by atoms with Gasteiger partial charge in [-0.1, -0.05) is 29.3 Å². The number of nitrogens with zero attached hydrogens (tertiary/aromatic N) is 1. The number of aldehydes is 1. The monoisotopic (exact) mass is 225 g/mol. The van der Waals surface area contributed by atoms with E-state index in [0.29, 0.717) is 21.9 Å². The zero-order chi connectivity index (χ0) is 10.6. The molecule has 0 N–H and O–H groups in total. The number of nitriles is 1. The molecule has 0 unspecified atom stereocenters. The Hall–Kier alpha value is -1.30. The smallest absolute Gasteiger partial charge is 0.160 e. The van der Waals surface area contributed by atoms with Gasteiger partial charge < -0.3 is 0 Å². The molecule has 0 aliphatic carbocycles. The molecule has 0 radical (unpaired) electrons. The van der Waals surface area contributed by atoms with E-state index in [9.17, 15) is 4.79 Å². The molecule has 1 rings (SSSR count). The molecule has 14 heavy (non-hydrogen) atoms. The zero-order valence-corrected chi connectivity index (χ0v) is 8.51. The number of halogens is 2. The van der Waals surface area contributed by atoms with Crippen LogP contribution < -0.4 is 0 Å². The summed E-state index contributed by atoms with van der Waals surface area (Å²) < 4.78 is 0. The Morgan fingerprint density at radius 2 is 2.14 bits per heavy atom. The van der Waals surface area contributed by atoms with E-state index in [1.165, 1.54) is 6.08 Å². The van der Waals surface area contributed by atoms with Crippen LogP contribution in [0.1, 0.15) is 5.56 Å². The molecule has 0 spiro atoms. The number of hydrogen-bond acceptors (Lipinski definition) is 2. The Kier molecular flexibility index (Phi) is 3.70. The first-order valence-electron chi connectivity index (χ1n) is 3.69. The quantitative estimate of drug-likeness (QED) is 0.441. The minimum atomic E-state index is 0.0224. The van der Waals surface area contributed by atoms with Crippen molar-refractivity contribution in [3.05, 3.63) is 39.4 Å². The van der Waals surface area contributed by atoms with Crippen LogP contribution in [0.2, 0.25) is 10.0 Å². The van der Waals surface area contributed by atoms with Crippen LogP contribution in [0, 0.1) is 11.3 Å². The van der Waals surface area contributed by atoms with Gasteiger partial charge >= 0.3 is 0 Å². The summed E-state index contributed by atoms with van der Waals surface area (Å²) in [7, 11) is 0. The highest BCUT2D eigenvalue weighted by molar-refractivity contribution is 6.35. The summed E-state index contributed by atoms with van der Waals surface area (Å²) in [4.78, 5) is 10.4. The topological polar surface area (TPSA) is 40.9 Å². The first kappa shape index (κ1) is 10.8. The number of allylic oxidation sites excluding steroid dienone is 1. The molecular weight excluding hydrogens is 221 g/mol. The molecule has 0 amide bonds. The summed E-state index contributed by atoms with van der Waals surface area (Å²) >= 11 is 11.5. The van der Waals surface area contributed by atoms with Gasteiger partial charge in [-0.15, -0.1) is 0 Å². The van der Waals surface area contributed by atoms with Crippen molar-refractivity contribution < 1.29 is 4.79 Å². The molecule has 1 aromatic carbocycles. The fourth-order valence-corrected chi connectivity index (χ4v) is 1.34. The number of rotatable bonds is 2. The highest BCUT2D eigenvalue weighted by Crippen LogP contribution is 2.22. The van der Waals surface area contributed by atoms with Gasteiger partial charge in [0.25, 0.3) is 0 Å². The molecular formula is C10H5Cl2NO. The van der Waals surface area contributed by atoms with Crippen LogP contribution in [0.4, 0.5) is 0 Å². The average molecular weight is 226 g/mol. The average Bonchev–Trinajstić information content (AvgIpc) is 2.17. The predicted molar refractivity (Wildman–Crippen MR) is 56.1 cm³/mol. The number of benzene rings is 1. The van der Waals surface area contributed by atoms with Crippen LogP contribution in [-0.2, 0) is 4.79 Å². The second-order valence-electron chi connectivity index (χ2n) is 2.50. The molecule has 0 atom stereocenters. The number of hydrogen-bond donors (Lipinski definition) is 0. The Morgan fingerprint density at radius 3 is 2.64 bits per heavy atom. The van der Waals surface area contributed by atoms with Gasteiger partial charge in [-0.05, 0) is 23.8 Å². The minimum Gasteiger partial charge on any atom is -0.297 e. The van der Waals surface area contributed by atoms with E-state index >= 15 is 0 Å². The minimum absolute atomic E-state index is 0.0224. The Labute approximate surface area is 91.4 Å². The van der Waals surface area contributed by atoms with Crippen LogP contribution >= 0.6 is 23.2 Å². The molecule has 2 nitrogen and oxygen atoms in total. The van der Waals surface area contributed by atoms with E-state index in [-0.39, 0.29) is 5.57 Å². The van der Waals surface area contributed by atoms with Gasteiger partial charge in [0.1, 0.15) is 6.07 Å². The maximum absolute atomic E-state index is 10.4. The molecule has 0 bridgehead atoms. The van der Waals surface area contributed by atoms with E-state index in [1.54, 1.807) is 24.3 Å². The van der Waals surface area contributed by atoms with Crippen molar-refractivity contribution in [2.75, 3.05) is 0 Å². The first-order chi connectivity index (χ1) is 6.67. The molecule has 0 aromatic heterocycles. The maximum Gasteiger partial charge on any atom is 0.160 e. The van der Waals surface area contributed by atoms with Gasteiger partial charge in [-0.3, -0.25) is 4.79 Å². The fourth-order valence-electron chi connectivity index (χ4n) is 0.879. The summed E-state index contributed by atoms with van der Waals surface area (Å²) in [6.45, 7) is 0. The molecule has 4 heteroatoms. The molecule has 0 saturated heterocycles. The van der Waals surface area contributed by atoms with Crippen LogP contribution in [0.15, 0.2) is 23.8 Å². The summed E-state index contributed by atoms with van der Waals surface area (Å²) in [6.07, 6.45) is 1.89. The van der Waals surface area contributed by atoms with Gasteiger partial charge in [0.15, 0.2) is 6.29 Å². The van der Waals surface area contributed by atoms with Gasteiger partial charge in [0.2, 0.25) is 0 Å². The van der Waals surface area contributed by atoms with Crippen molar-refractivity contribution in [1.82, 2.24) is 0 Å². The summed E-state index contributed by atoms with van der Waals surface area (Å²) in [5.74, 6) is 0. The first-order valence-corrected chi connectivity index (χ1v) is 4.45. The van der Waals surface area contributed by atoms with Crippen molar-refractivity contribution in [3.63, 3.8) is 0 Å².